The molecule has 114 valence electrons. The first-order valence-corrected chi connectivity index (χ1v) is 7.37. The van der Waals surface area contributed by atoms with Crippen molar-refractivity contribution in [1.29, 1.82) is 0 Å². The largest absolute Gasteiger partial charge is 0.480 e. The van der Waals surface area contributed by atoms with Crippen molar-refractivity contribution < 1.29 is 14.7 Å². The van der Waals surface area contributed by atoms with Crippen molar-refractivity contribution in [3.8, 4) is 0 Å². The fourth-order valence-electron chi connectivity index (χ4n) is 1.92. The van der Waals surface area contributed by atoms with Crippen LogP contribution in [-0.4, -0.2) is 23.0 Å². The number of carboxylic acids is 1. The van der Waals surface area contributed by atoms with Crippen molar-refractivity contribution in [2.75, 3.05) is 0 Å². The average molecular weight is 289 g/mol. The highest BCUT2D eigenvalue weighted by Gasteiger charge is 2.17. The highest BCUT2D eigenvalue weighted by Crippen LogP contribution is 2.07. The second-order valence-electron chi connectivity index (χ2n) is 4.97. The zero-order valence-corrected chi connectivity index (χ0v) is 12.6. The molecule has 0 bridgehead atoms. The van der Waals surface area contributed by atoms with Gasteiger partial charge >= 0.3 is 5.97 Å². The minimum Gasteiger partial charge on any atom is -0.480 e. The number of hydrogen-bond donors (Lipinski definition) is 2. The predicted octanol–water partition coefficient (Wildman–Crippen LogP) is 3.02. The third kappa shape index (κ3) is 6.25. The van der Waals surface area contributed by atoms with E-state index in [1.807, 2.05) is 31.2 Å². The van der Waals surface area contributed by atoms with Crippen LogP contribution < -0.4 is 5.32 Å². The van der Waals surface area contributed by atoms with Crippen LogP contribution in [0.3, 0.4) is 0 Å². The summed E-state index contributed by atoms with van der Waals surface area (Å²) in [6.07, 6.45) is 6.17. The van der Waals surface area contributed by atoms with E-state index < -0.39 is 12.0 Å². The Balaban J connectivity index is 2.57. The van der Waals surface area contributed by atoms with Crippen LogP contribution >= 0.6 is 0 Å². The molecule has 0 saturated heterocycles. The minimum atomic E-state index is -0.988. The van der Waals surface area contributed by atoms with Crippen molar-refractivity contribution in [3.05, 3.63) is 41.5 Å². The van der Waals surface area contributed by atoms with E-state index in [0.29, 0.717) is 6.42 Å². The third-order valence-corrected chi connectivity index (χ3v) is 3.28. The van der Waals surface area contributed by atoms with Crippen LogP contribution in [-0.2, 0) is 16.0 Å². The molecule has 0 saturated carbocycles. The van der Waals surface area contributed by atoms with Gasteiger partial charge in [-0.1, -0.05) is 51.0 Å². The number of aliphatic carboxylic acids is 1. The van der Waals surface area contributed by atoms with Crippen LogP contribution in [0.2, 0.25) is 0 Å². The Hall–Kier alpha value is -2.10. The molecule has 0 aliphatic rings. The van der Waals surface area contributed by atoms with Crippen LogP contribution in [0.5, 0.6) is 0 Å². The minimum absolute atomic E-state index is 0.377. The highest BCUT2D eigenvalue weighted by atomic mass is 16.4. The molecule has 1 atom stereocenters. The second kappa shape index (κ2) is 8.95. The Morgan fingerprint density at radius 1 is 1.24 bits per heavy atom. The topological polar surface area (TPSA) is 66.4 Å². The zero-order chi connectivity index (χ0) is 15.7. The van der Waals surface area contributed by atoms with Crippen LogP contribution in [0.1, 0.15) is 44.2 Å². The summed E-state index contributed by atoms with van der Waals surface area (Å²) in [7, 11) is 0. The number of carboxylic acid groups (broad SMARTS) is 1. The van der Waals surface area contributed by atoms with Crippen molar-refractivity contribution in [1.82, 2.24) is 5.32 Å². The number of benzene rings is 1. The van der Waals surface area contributed by atoms with Gasteiger partial charge in [0.2, 0.25) is 5.91 Å². The van der Waals surface area contributed by atoms with Crippen molar-refractivity contribution in [2.24, 2.45) is 0 Å². The molecular formula is C17H23NO3. The molecule has 0 aliphatic carbocycles. The molecule has 2 N–H and O–H groups in total. The van der Waals surface area contributed by atoms with Crippen LogP contribution in [0.4, 0.5) is 0 Å². The van der Waals surface area contributed by atoms with Gasteiger partial charge in [-0.25, -0.2) is 4.79 Å². The first-order chi connectivity index (χ1) is 10.1. The quantitative estimate of drug-likeness (QED) is 0.723. The Labute approximate surface area is 125 Å². The van der Waals surface area contributed by atoms with Gasteiger partial charge in [-0.15, -0.1) is 0 Å². The molecule has 4 nitrogen and oxygen atoms in total. The molecule has 21 heavy (non-hydrogen) atoms. The van der Waals surface area contributed by atoms with E-state index in [9.17, 15) is 9.59 Å². The van der Waals surface area contributed by atoms with Crippen LogP contribution in [0, 0.1) is 0 Å². The first kappa shape index (κ1) is 17.0. The lowest BCUT2D eigenvalue weighted by molar-refractivity contribution is -0.141. The van der Waals surface area contributed by atoms with Gasteiger partial charge in [0.05, 0.1) is 0 Å². The second-order valence-corrected chi connectivity index (χ2v) is 4.97. The molecule has 4 heteroatoms. The third-order valence-electron chi connectivity index (χ3n) is 3.28. The Bertz CT molecular complexity index is 491. The zero-order valence-electron chi connectivity index (χ0n) is 12.6. The number of aryl methyl sites for hydroxylation is 1. The standard InChI is InChI=1S/C17H23NO3/c1-3-5-6-15(17(20)21)18-16(19)12-11-14-9-7-13(4-2)8-10-14/h7-12,15H,3-6H2,1-2H3,(H,18,19)(H,20,21)/b12-11+/t15-/m0/s1. The van der Waals surface area contributed by atoms with E-state index in [1.165, 1.54) is 11.6 Å². The van der Waals surface area contributed by atoms with E-state index >= 15 is 0 Å². The van der Waals surface area contributed by atoms with Gasteiger partial charge in [0.25, 0.3) is 0 Å². The van der Waals surface area contributed by atoms with Crippen LogP contribution in [0.15, 0.2) is 30.3 Å². The summed E-state index contributed by atoms with van der Waals surface area (Å²) in [6, 6.07) is 7.09. The lowest BCUT2D eigenvalue weighted by atomic mass is 10.1. The summed E-state index contributed by atoms with van der Waals surface area (Å²) in [4.78, 5) is 22.8. The number of rotatable bonds is 8. The SMILES string of the molecule is CCCC[C@H](NC(=O)/C=C/c1ccc(CC)cc1)C(=O)O. The lowest BCUT2D eigenvalue weighted by Crippen LogP contribution is -2.39. The van der Waals surface area contributed by atoms with Crippen molar-refractivity contribution in [3.63, 3.8) is 0 Å². The number of carbonyl (C=O) groups excluding carboxylic acids is 1. The molecule has 1 rings (SSSR count). The summed E-state index contributed by atoms with van der Waals surface area (Å²) in [5.41, 5.74) is 2.16. The summed E-state index contributed by atoms with van der Waals surface area (Å²) in [6.45, 7) is 4.07. The summed E-state index contributed by atoms with van der Waals surface area (Å²) in [5.74, 6) is -1.37. The Kier molecular flexibility index (Phi) is 7.23. The summed E-state index contributed by atoms with van der Waals surface area (Å²) < 4.78 is 0. The number of unbranched alkanes of at least 4 members (excludes halogenated alkanes) is 1. The molecular weight excluding hydrogens is 266 g/mol. The molecule has 0 heterocycles. The van der Waals surface area contributed by atoms with E-state index in [-0.39, 0.29) is 5.91 Å². The van der Waals surface area contributed by atoms with E-state index in [0.717, 1.165) is 24.8 Å². The summed E-state index contributed by atoms with van der Waals surface area (Å²) in [5, 5.41) is 11.6. The number of amides is 1. The smallest absolute Gasteiger partial charge is 0.326 e. The maximum absolute atomic E-state index is 11.8. The highest BCUT2D eigenvalue weighted by molar-refractivity contribution is 5.94. The number of hydrogen-bond acceptors (Lipinski definition) is 2. The number of carbonyl (C=O) groups is 2. The Morgan fingerprint density at radius 2 is 1.90 bits per heavy atom. The maximum atomic E-state index is 11.8. The molecule has 0 radical (unpaired) electrons. The predicted molar refractivity (Wildman–Crippen MR) is 83.9 cm³/mol. The van der Waals surface area contributed by atoms with Gasteiger partial charge in [0.15, 0.2) is 0 Å². The van der Waals surface area contributed by atoms with Gasteiger partial charge in [0, 0.05) is 6.08 Å². The normalized spacial score (nSPS) is 12.3. The first-order valence-electron chi connectivity index (χ1n) is 7.37. The van der Waals surface area contributed by atoms with Crippen molar-refractivity contribution in [2.45, 2.75) is 45.6 Å². The molecule has 1 aromatic carbocycles. The number of nitrogens with one attached hydrogen (secondary N) is 1. The van der Waals surface area contributed by atoms with Gasteiger partial charge in [0.1, 0.15) is 6.04 Å². The van der Waals surface area contributed by atoms with Crippen LogP contribution in [0.25, 0.3) is 6.08 Å². The fraction of sp³-hybridized carbons (Fsp3) is 0.412. The Morgan fingerprint density at radius 3 is 2.43 bits per heavy atom. The fourth-order valence-corrected chi connectivity index (χ4v) is 1.92. The molecule has 1 aromatic rings. The molecule has 0 unspecified atom stereocenters. The summed E-state index contributed by atoms with van der Waals surface area (Å²) >= 11 is 0. The molecule has 0 aromatic heterocycles. The molecule has 0 spiro atoms. The molecule has 1 amide bonds. The van der Waals surface area contributed by atoms with E-state index in [2.05, 4.69) is 12.2 Å². The monoisotopic (exact) mass is 289 g/mol. The van der Waals surface area contributed by atoms with E-state index in [4.69, 9.17) is 5.11 Å². The molecule has 0 aliphatic heterocycles. The van der Waals surface area contributed by atoms with E-state index in [1.54, 1.807) is 6.08 Å². The van der Waals surface area contributed by atoms with Gasteiger partial charge < -0.3 is 10.4 Å². The lowest BCUT2D eigenvalue weighted by Gasteiger charge is -2.12. The van der Waals surface area contributed by atoms with Gasteiger partial charge in [-0.2, -0.15) is 0 Å². The van der Waals surface area contributed by atoms with Crippen molar-refractivity contribution >= 4 is 18.0 Å². The van der Waals surface area contributed by atoms with Gasteiger partial charge in [-0.3, -0.25) is 4.79 Å². The van der Waals surface area contributed by atoms with Gasteiger partial charge in [-0.05, 0) is 30.0 Å². The maximum Gasteiger partial charge on any atom is 0.326 e. The molecule has 0 fully saturated rings. The average Bonchev–Trinajstić information content (AvgIpc) is 2.49.